The Bertz CT molecular complexity index is 1090. The molecule has 0 spiro atoms. The number of halogens is 3. The molecule has 0 aliphatic rings. The number of hydrogen-bond donors (Lipinski definition) is 0. The summed E-state index contributed by atoms with van der Waals surface area (Å²) in [5, 5.41) is 0. The Morgan fingerprint density at radius 3 is 1.62 bits per heavy atom. The first-order valence-electron chi connectivity index (χ1n) is 8.20. The van der Waals surface area contributed by atoms with Gasteiger partial charge < -0.3 is 14.2 Å². The summed E-state index contributed by atoms with van der Waals surface area (Å²) >= 11 is 0. The van der Waals surface area contributed by atoms with E-state index in [9.17, 15) is 21.6 Å². The molecule has 152 valence electrons. The van der Waals surface area contributed by atoms with Crippen LogP contribution in [-0.2, 0) is 9.84 Å². The van der Waals surface area contributed by atoms with E-state index in [0.29, 0.717) is 17.2 Å². The van der Waals surface area contributed by atoms with Crippen LogP contribution in [0, 0.1) is 0 Å². The quantitative estimate of drug-likeness (QED) is 0.518. The minimum Gasteiger partial charge on any atom is -0.457 e. The van der Waals surface area contributed by atoms with Gasteiger partial charge in [-0.1, -0.05) is 12.1 Å². The summed E-state index contributed by atoms with van der Waals surface area (Å²) in [4.78, 5) is 0.169. The summed E-state index contributed by atoms with van der Waals surface area (Å²) in [6.45, 7) is 0. The van der Waals surface area contributed by atoms with E-state index in [-0.39, 0.29) is 10.6 Å². The van der Waals surface area contributed by atoms with Crippen molar-refractivity contribution < 1.29 is 35.8 Å². The number of hydrogen-bond acceptors (Lipinski definition) is 5. The van der Waals surface area contributed by atoms with Crippen molar-refractivity contribution in [1.82, 2.24) is 0 Å². The van der Waals surface area contributed by atoms with Crippen molar-refractivity contribution in [3.63, 3.8) is 0 Å². The number of rotatable bonds is 6. The molecule has 0 saturated carbocycles. The smallest absolute Gasteiger partial charge is 0.457 e. The van der Waals surface area contributed by atoms with E-state index >= 15 is 0 Å². The lowest BCUT2D eigenvalue weighted by molar-refractivity contribution is -0.274. The fourth-order valence-electron chi connectivity index (χ4n) is 2.36. The summed E-state index contributed by atoms with van der Waals surface area (Å²) in [6, 6.07) is 17.5. The second-order valence-electron chi connectivity index (χ2n) is 5.95. The van der Waals surface area contributed by atoms with Gasteiger partial charge in [0.2, 0.25) is 0 Å². The monoisotopic (exact) mass is 424 g/mol. The van der Waals surface area contributed by atoms with Gasteiger partial charge in [0, 0.05) is 18.4 Å². The Morgan fingerprint density at radius 2 is 1.14 bits per heavy atom. The second-order valence-corrected chi connectivity index (χ2v) is 7.96. The molecule has 29 heavy (non-hydrogen) atoms. The summed E-state index contributed by atoms with van der Waals surface area (Å²) in [6.07, 6.45) is -3.68. The highest BCUT2D eigenvalue weighted by atomic mass is 32.2. The van der Waals surface area contributed by atoms with Crippen LogP contribution in [-0.4, -0.2) is 21.0 Å². The van der Waals surface area contributed by atoms with E-state index in [2.05, 4.69) is 4.74 Å². The van der Waals surface area contributed by atoms with E-state index in [4.69, 9.17) is 9.47 Å². The molecule has 5 nitrogen and oxygen atoms in total. The van der Waals surface area contributed by atoms with Crippen molar-refractivity contribution >= 4 is 9.84 Å². The van der Waals surface area contributed by atoms with Gasteiger partial charge in [-0.25, -0.2) is 8.42 Å². The third-order valence-corrected chi connectivity index (χ3v) is 4.70. The van der Waals surface area contributed by atoms with Crippen LogP contribution >= 0.6 is 0 Å². The largest absolute Gasteiger partial charge is 0.573 e. The zero-order valence-electron chi connectivity index (χ0n) is 15.0. The lowest BCUT2D eigenvalue weighted by atomic mass is 10.3. The van der Waals surface area contributed by atoms with Gasteiger partial charge in [0.15, 0.2) is 9.84 Å². The summed E-state index contributed by atoms with van der Waals surface area (Å²) < 4.78 is 75.1. The summed E-state index contributed by atoms with van der Waals surface area (Å²) in [5.41, 5.74) is 0. The molecule has 0 unspecified atom stereocenters. The molecular formula is C20H15F3O5S. The van der Waals surface area contributed by atoms with E-state index in [1.54, 1.807) is 24.3 Å². The molecule has 0 N–H and O–H groups in total. The van der Waals surface area contributed by atoms with Crippen molar-refractivity contribution in [2.45, 2.75) is 11.3 Å². The molecule has 0 heterocycles. The fraction of sp³-hybridized carbons (Fsp3) is 0.100. The molecule has 0 saturated heterocycles. The van der Waals surface area contributed by atoms with Crippen molar-refractivity contribution in [2.75, 3.05) is 6.26 Å². The van der Waals surface area contributed by atoms with E-state index in [0.717, 1.165) is 12.3 Å². The fourth-order valence-corrected chi connectivity index (χ4v) is 2.99. The molecule has 3 aromatic rings. The van der Waals surface area contributed by atoms with Gasteiger partial charge in [0.1, 0.15) is 28.7 Å². The molecule has 0 aliphatic heterocycles. The molecule has 0 radical (unpaired) electrons. The van der Waals surface area contributed by atoms with Crippen LogP contribution in [0.4, 0.5) is 13.2 Å². The standard InChI is InChI=1S/C20H15F3O5S/c1-29(24,25)19-10-8-14(9-11-19)26-15-4-2-5-16(12-15)27-17-6-3-7-18(13-17)28-20(21,22)23/h2-13H,1H3. The maximum absolute atomic E-state index is 12.3. The number of alkyl halides is 3. The second kappa shape index (κ2) is 8.04. The third-order valence-electron chi connectivity index (χ3n) is 3.57. The number of sulfone groups is 1. The minimum absolute atomic E-state index is 0.154. The van der Waals surface area contributed by atoms with Gasteiger partial charge in [-0.05, 0) is 48.5 Å². The topological polar surface area (TPSA) is 61.8 Å². The average Bonchev–Trinajstić information content (AvgIpc) is 2.60. The first-order valence-corrected chi connectivity index (χ1v) is 10.1. The molecule has 0 fully saturated rings. The van der Waals surface area contributed by atoms with Gasteiger partial charge in [0.05, 0.1) is 4.90 Å². The first-order chi connectivity index (χ1) is 13.6. The summed E-state index contributed by atoms with van der Waals surface area (Å²) in [5.74, 6) is 0.904. The Morgan fingerprint density at radius 1 is 0.690 bits per heavy atom. The van der Waals surface area contributed by atoms with Crippen molar-refractivity contribution in [3.05, 3.63) is 72.8 Å². The maximum Gasteiger partial charge on any atom is 0.573 e. The highest BCUT2D eigenvalue weighted by molar-refractivity contribution is 7.90. The van der Waals surface area contributed by atoms with Crippen molar-refractivity contribution in [3.8, 4) is 28.7 Å². The molecule has 9 heteroatoms. The SMILES string of the molecule is CS(=O)(=O)c1ccc(Oc2cccc(Oc3cccc(OC(F)(F)F)c3)c2)cc1. The zero-order valence-corrected chi connectivity index (χ0v) is 15.8. The Hall–Kier alpha value is -3.20. The average molecular weight is 424 g/mol. The molecule has 0 bridgehead atoms. The highest BCUT2D eigenvalue weighted by Gasteiger charge is 2.31. The van der Waals surface area contributed by atoms with Crippen LogP contribution in [0.2, 0.25) is 0 Å². The molecule has 0 amide bonds. The molecular weight excluding hydrogens is 409 g/mol. The number of ether oxygens (including phenoxy) is 3. The summed E-state index contributed by atoms with van der Waals surface area (Å²) in [7, 11) is -3.31. The maximum atomic E-state index is 12.3. The normalized spacial score (nSPS) is 11.7. The zero-order chi connectivity index (χ0) is 21.1. The lowest BCUT2D eigenvalue weighted by Gasteiger charge is -2.12. The van der Waals surface area contributed by atoms with Crippen LogP contribution in [0.3, 0.4) is 0 Å². The predicted octanol–water partition coefficient (Wildman–Crippen LogP) is 5.57. The first kappa shape index (κ1) is 20.5. The van der Waals surface area contributed by atoms with Crippen molar-refractivity contribution in [1.29, 1.82) is 0 Å². The van der Waals surface area contributed by atoms with E-state index in [1.165, 1.54) is 42.5 Å². The van der Waals surface area contributed by atoms with Gasteiger partial charge in [-0.15, -0.1) is 13.2 Å². The molecule has 3 rings (SSSR count). The lowest BCUT2D eigenvalue weighted by Crippen LogP contribution is -2.16. The van der Waals surface area contributed by atoms with Gasteiger partial charge in [-0.2, -0.15) is 0 Å². The van der Waals surface area contributed by atoms with Gasteiger partial charge >= 0.3 is 6.36 Å². The Balaban J connectivity index is 1.72. The highest BCUT2D eigenvalue weighted by Crippen LogP contribution is 2.31. The molecule has 0 atom stereocenters. The predicted molar refractivity (Wildman–Crippen MR) is 99.3 cm³/mol. The van der Waals surface area contributed by atoms with Crippen molar-refractivity contribution in [2.24, 2.45) is 0 Å². The third kappa shape index (κ3) is 6.15. The Labute approximate surface area is 165 Å². The minimum atomic E-state index is -4.79. The van der Waals surface area contributed by atoms with Gasteiger partial charge in [0.25, 0.3) is 0 Å². The molecule has 0 aliphatic carbocycles. The van der Waals surface area contributed by atoms with Crippen LogP contribution in [0.25, 0.3) is 0 Å². The van der Waals surface area contributed by atoms with Crippen LogP contribution < -0.4 is 14.2 Å². The molecule has 0 aromatic heterocycles. The van der Waals surface area contributed by atoms with Gasteiger partial charge in [-0.3, -0.25) is 0 Å². The Kier molecular flexibility index (Phi) is 5.69. The number of benzene rings is 3. The van der Waals surface area contributed by atoms with Crippen LogP contribution in [0.15, 0.2) is 77.7 Å². The van der Waals surface area contributed by atoms with Crippen LogP contribution in [0.5, 0.6) is 28.7 Å². The van der Waals surface area contributed by atoms with Crippen LogP contribution in [0.1, 0.15) is 0 Å². The van der Waals surface area contributed by atoms with E-state index < -0.39 is 21.9 Å². The molecule has 3 aromatic carbocycles. The van der Waals surface area contributed by atoms with E-state index in [1.807, 2.05) is 0 Å².